The van der Waals surface area contributed by atoms with E-state index in [2.05, 4.69) is 10.6 Å². The van der Waals surface area contributed by atoms with E-state index in [1.54, 1.807) is 24.3 Å². The van der Waals surface area contributed by atoms with Crippen molar-refractivity contribution in [1.29, 1.82) is 0 Å². The van der Waals surface area contributed by atoms with Crippen LogP contribution in [0, 0.1) is 5.92 Å². The maximum atomic E-state index is 12.6. The van der Waals surface area contributed by atoms with E-state index >= 15 is 0 Å². The predicted molar refractivity (Wildman–Crippen MR) is 104 cm³/mol. The van der Waals surface area contributed by atoms with Crippen LogP contribution in [0.4, 0.5) is 5.69 Å². The number of benzene rings is 1. The highest BCUT2D eigenvalue weighted by molar-refractivity contribution is 5.98. The van der Waals surface area contributed by atoms with Gasteiger partial charge >= 0.3 is 5.97 Å². The molecule has 1 aliphatic heterocycles. The molecule has 0 bridgehead atoms. The van der Waals surface area contributed by atoms with Crippen LogP contribution in [0.5, 0.6) is 0 Å². The van der Waals surface area contributed by atoms with Crippen molar-refractivity contribution in [3.63, 3.8) is 0 Å². The lowest BCUT2D eigenvalue weighted by atomic mass is 9.85. The molecular weight excluding hydrogens is 358 g/mol. The Bertz CT molecular complexity index is 777. The third-order valence-electron chi connectivity index (χ3n) is 6.15. The first-order valence-corrected chi connectivity index (χ1v) is 10.2. The lowest BCUT2D eigenvalue weighted by molar-refractivity contribution is -0.143. The monoisotopic (exact) mass is 385 g/mol. The van der Waals surface area contributed by atoms with Gasteiger partial charge in [0.1, 0.15) is 6.04 Å². The minimum absolute atomic E-state index is 0.0661. The summed E-state index contributed by atoms with van der Waals surface area (Å²) in [6, 6.07) is 6.74. The molecule has 4 rings (SSSR count). The van der Waals surface area contributed by atoms with E-state index in [0.717, 1.165) is 38.5 Å². The van der Waals surface area contributed by atoms with Crippen molar-refractivity contribution < 1.29 is 19.5 Å². The van der Waals surface area contributed by atoms with Gasteiger partial charge in [-0.25, -0.2) is 0 Å². The maximum Gasteiger partial charge on any atom is 0.320 e. The highest BCUT2D eigenvalue weighted by Gasteiger charge is 2.45. The maximum absolute atomic E-state index is 12.6. The largest absolute Gasteiger partial charge is 0.480 e. The summed E-state index contributed by atoms with van der Waals surface area (Å²) < 4.78 is 0. The van der Waals surface area contributed by atoms with Crippen molar-refractivity contribution in [3.8, 4) is 0 Å². The van der Waals surface area contributed by atoms with Gasteiger partial charge in [0.05, 0.1) is 6.54 Å². The zero-order valence-electron chi connectivity index (χ0n) is 15.9. The summed E-state index contributed by atoms with van der Waals surface area (Å²) in [4.78, 5) is 38.4. The van der Waals surface area contributed by atoms with Crippen molar-refractivity contribution in [3.05, 3.63) is 29.8 Å². The van der Waals surface area contributed by atoms with Gasteiger partial charge < -0.3 is 15.7 Å². The van der Waals surface area contributed by atoms with Gasteiger partial charge in [0.2, 0.25) is 5.91 Å². The van der Waals surface area contributed by atoms with Gasteiger partial charge in [-0.3, -0.25) is 19.3 Å². The number of amides is 2. The van der Waals surface area contributed by atoms with Crippen LogP contribution in [0.15, 0.2) is 24.3 Å². The van der Waals surface area contributed by atoms with E-state index in [0.29, 0.717) is 23.6 Å². The van der Waals surface area contributed by atoms with Crippen LogP contribution in [0.25, 0.3) is 0 Å². The van der Waals surface area contributed by atoms with E-state index in [1.807, 2.05) is 4.90 Å². The Hall–Kier alpha value is -2.41. The number of fused-ring (bicyclic) bond motifs is 1. The van der Waals surface area contributed by atoms with Gasteiger partial charge in [-0.2, -0.15) is 0 Å². The second kappa shape index (κ2) is 7.91. The molecule has 150 valence electrons. The van der Waals surface area contributed by atoms with Gasteiger partial charge in [-0.15, -0.1) is 0 Å². The summed E-state index contributed by atoms with van der Waals surface area (Å²) >= 11 is 0. The first-order chi connectivity index (χ1) is 13.5. The third-order valence-corrected chi connectivity index (χ3v) is 6.15. The second-order valence-corrected chi connectivity index (χ2v) is 8.25. The minimum Gasteiger partial charge on any atom is -0.480 e. The number of nitrogens with one attached hydrogen (secondary N) is 2. The number of hydrogen-bond donors (Lipinski definition) is 3. The van der Waals surface area contributed by atoms with Crippen LogP contribution in [0.3, 0.4) is 0 Å². The van der Waals surface area contributed by atoms with E-state index < -0.39 is 12.0 Å². The number of carbonyl (C=O) groups excluding carboxylic acids is 2. The Labute approximate surface area is 164 Å². The number of nitrogens with zero attached hydrogens (tertiary/aromatic N) is 1. The second-order valence-electron chi connectivity index (χ2n) is 8.25. The average molecular weight is 385 g/mol. The lowest BCUT2D eigenvalue weighted by Crippen LogP contribution is -2.46. The Morgan fingerprint density at radius 1 is 1.11 bits per heavy atom. The standard InChI is InChI=1S/C21H27N3O4/c25-19(12-24-17-7-2-1-4-13(17)11-18(24)21(27)28)22-16-6-3-5-14(10-16)20(26)23-15-8-9-15/h3,5-6,10,13,15,17-18H,1-2,4,7-9,11-12H2,(H,22,25)(H,23,26)(H,27,28). The number of aliphatic carboxylic acids is 1. The topological polar surface area (TPSA) is 98.7 Å². The molecule has 0 spiro atoms. The fraction of sp³-hybridized carbons (Fsp3) is 0.571. The fourth-order valence-electron chi connectivity index (χ4n) is 4.62. The first-order valence-electron chi connectivity index (χ1n) is 10.2. The molecule has 1 saturated heterocycles. The molecule has 3 fully saturated rings. The lowest BCUT2D eigenvalue weighted by Gasteiger charge is -2.32. The zero-order chi connectivity index (χ0) is 19.7. The Balaban J connectivity index is 1.40. The highest BCUT2D eigenvalue weighted by Crippen LogP contribution is 2.39. The number of hydrogen-bond acceptors (Lipinski definition) is 4. The van der Waals surface area contributed by atoms with Crippen molar-refractivity contribution in [2.45, 2.75) is 63.1 Å². The van der Waals surface area contributed by atoms with Crippen LogP contribution >= 0.6 is 0 Å². The Morgan fingerprint density at radius 3 is 2.64 bits per heavy atom. The molecule has 3 aliphatic rings. The Kier molecular flexibility index (Phi) is 5.35. The molecule has 1 aromatic carbocycles. The van der Waals surface area contributed by atoms with Gasteiger partial charge in [0, 0.05) is 23.3 Å². The summed E-state index contributed by atoms with van der Waals surface area (Å²) in [5.41, 5.74) is 1.07. The molecule has 2 saturated carbocycles. The average Bonchev–Trinajstić information content (AvgIpc) is 3.41. The van der Waals surface area contributed by atoms with E-state index in [4.69, 9.17) is 0 Å². The molecule has 1 heterocycles. The number of carboxylic acid groups (broad SMARTS) is 1. The molecule has 28 heavy (non-hydrogen) atoms. The summed E-state index contributed by atoms with van der Waals surface area (Å²) in [6.45, 7) is 0.0661. The van der Waals surface area contributed by atoms with Crippen LogP contribution < -0.4 is 10.6 Å². The number of rotatable bonds is 6. The third kappa shape index (κ3) is 4.19. The molecule has 1 aromatic rings. The summed E-state index contributed by atoms with van der Waals surface area (Å²) in [5.74, 6) is -0.843. The quantitative estimate of drug-likeness (QED) is 0.698. The van der Waals surface area contributed by atoms with Crippen molar-refractivity contribution in [1.82, 2.24) is 10.2 Å². The number of anilines is 1. The van der Waals surface area contributed by atoms with Gasteiger partial charge in [-0.1, -0.05) is 18.9 Å². The number of carbonyl (C=O) groups is 3. The smallest absolute Gasteiger partial charge is 0.320 e. The van der Waals surface area contributed by atoms with Crippen LogP contribution in [-0.2, 0) is 9.59 Å². The van der Waals surface area contributed by atoms with Crippen molar-refractivity contribution in [2.24, 2.45) is 5.92 Å². The van der Waals surface area contributed by atoms with Crippen LogP contribution in [0.1, 0.15) is 55.3 Å². The first kappa shape index (κ1) is 18.9. The molecule has 2 aliphatic carbocycles. The summed E-state index contributed by atoms with van der Waals surface area (Å²) in [7, 11) is 0. The highest BCUT2D eigenvalue weighted by atomic mass is 16.4. The molecule has 0 radical (unpaired) electrons. The van der Waals surface area contributed by atoms with E-state index in [-0.39, 0.29) is 30.4 Å². The molecule has 7 heteroatoms. The number of likely N-dealkylation sites (tertiary alicyclic amines) is 1. The zero-order valence-corrected chi connectivity index (χ0v) is 15.9. The predicted octanol–water partition coefficient (Wildman–Crippen LogP) is 2.23. The van der Waals surface area contributed by atoms with Gasteiger partial charge in [-0.05, 0) is 56.2 Å². The van der Waals surface area contributed by atoms with Crippen molar-refractivity contribution >= 4 is 23.5 Å². The summed E-state index contributed by atoms with van der Waals surface area (Å²) in [6.07, 6.45) is 6.90. The van der Waals surface area contributed by atoms with E-state index in [9.17, 15) is 19.5 Å². The molecule has 3 unspecified atom stereocenters. The molecule has 0 aromatic heterocycles. The summed E-state index contributed by atoms with van der Waals surface area (Å²) in [5, 5.41) is 15.4. The normalized spacial score (nSPS) is 27.1. The molecule has 7 nitrogen and oxygen atoms in total. The van der Waals surface area contributed by atoms with Gasteiger partial charge in [0.25, 0.3) is 5.91 Å². The van der Waals surface area contributed by atoms with Crippen LogP contribution in [-0.4, -0.2) is 52.5 Å². The molecule has 3 atom stereocenters. The van der Waals surface area contributed by atoms with E-state index in [1.165, 1.54) is 0 Å². The molecule has 2 amide bonds. The SMILES string of the molecule is O=C(CN1C(C(=O)O)CC2CCCCC21)Nc1cccc(C(=O)NC2CC2)c1. The molecular formula is C21H27N3O4. The van der Waals surface area contributed by atoms with Gasteiger partial charge in [0.15, 0.2) is 0 Å². The molecule has 3 N–H and O–H groups in total. The van der Waals surface area contributed by atoms with Crippen molar-refractivity contribution in [2.75, 3.05) is 11.9 Å². The fourth-order valence-corrected chi connectivity index (χ4v) is 4.62. The Morgan fingerprint density at radius 2 is 1.89 bits per heavy atom. The number of carboxylic acids is 1. The van der Waals surface area contributed by atoms with Crippen LogP contribution in [0.2, 0.25) is 0 Å². The minimum atomic E-state index is -0.846.